The Hall–Kier alpha value is -2.37. The molecule has 0 bridgehead atoms. The Kier molecular flexibility index (Phi) is 63.1. The highest BCUT2D eigenvalue weighted by Gasteiger charge is 2.19. The Balaban J connectivity index is 4.31. The summed E-state index contributed by atoms with van der Waals surface area (Å²) in [6.45, 7) is 6.69. The third kappa shape index (κ3) is 62.5. The SMILES string of the molecule is CCCCCCC/C=C\C/C=C\CCCCCCCCCCCCCC(=O)OCC(COC(=O)CCCCCCCCC/C=C\CCCCCCCC)OC(=O)CCCCCCCCCCCCCCCCCCCC. The summed E-state index contributed by atoms with van der Waals surface area (Å²) in [6.07, 6.45) is 80.1. The zero-order valence-corrected chi connectivity index (χ0v) is 51.3. The van der Waals surface area contributed by atoms with E-state index >= 15 is 0 Å². The first-order valence-electron chi connectivity index (χ1n) is 34.0. The molecule has 0 aromatic rings. The summed E-state index contributed by atoms with van der Waals surface area (Å²) in [4.78, 5) is 38.4. The molecule has 0 aliphatic carbocycles. The van der Waals surface area contributed by atoms with Gasteiger partial charge in [0.2, 0.25) is 0 Å². The Morgan fingerprint density at radius 2 is 0.474 bits per heavy atom. The van der Waals surface area contributed by atoms with E-state index in [-0.39, 0.29) is 31.1 Å². The van der Waals surface area contributed by atoms with Crippen LogP contribution in [0.25, 0.3) is 0 Å². The lowest BCUT2D eigenvalue weighted by atomic mass is 10.0. The van der Waals surface area contributed by atoms with Crippen molar-refractivity contribution >= 4 is 17.9 Å². The number of ether oxygens (including phenoxy) is 3. The quantitative estimate of drug-likeness (QED) is 0.0261. The topological polar surface area (TPSA) is 78.9 Å². The number of allylic oxidation sites excluding steroid dienone is 6. The van der Waals surface area contributed by atoms with Crippen LogP contribution in [0, 0.1) is 0 Å². The van der Waals surface area contributed by atoms with Crippen molar-refractivity contribution in [2.75, 3.05) is 13.2 Å². The van der Waals surface area contributed by atoms with Gasteiger partial charge in [-0.2, -0.15) is 0 Å². The van der Waals surface area contributed by atoms with Crippen molar-refractivity contribution in [1.29, 1.82) is 0 Å². The molecular weight excluding hydrogens is 937 g/mol. The molecule has 6 nitrogen and oxygen atoms in total. The summed E-state index contributed by atoms with van der Waals surface area (Å²) in [5.74, 6) is -0.848. The minimum atomic E-state index is -0.773. The average Bonchev–Trinajstić information content (AvgIpc) is 3.42. The molecule has 6 heteroatoms. The number of hydrogen-bond donors (Lipinski definition) is 0. The van der Waals surface area contributed by atoms with Gasteiger partial charge < -0.3 is 14.2 Å². The molecule has 0 radical (unpaired) electrons. The maximum absolute atomic E-state index is 12.9. The molecule has 0 aromatic carbocycles. The van der Waals surface area contributed by atoms with Crippen LogP contribution in [0.15, 0.2) is 36.5 Å². The summed E-state index contributed by atoms with van der Waals surface area (Å²) >= 11 is 0. The van der Waals surface area contributed by atoms with Crippen molar-refractivity contribution in [3.8, 4) is 0 Å². The predicted octanol–water partition coefficient (Wildman–Crippen LogP) is 23.2. The summed E-state index contributed by atoms with van der Waals surface area (Å²) in [6, 6.07) is 0. The Bertz CT molecular complexity index is 1270. The molecule has 0 aliphatic heterocycles. The lowest BCUT2D eigenvalue weighted by Gasteiger charge is -2.18. The molecule has 0 saturated heterocycles. The van der Waals surface area contributed by atoms with Crippen molar-refractivity contribution < 1.29 is 28.6 Å². The highest BCUT2D eigenvalue weighted by Crippen LogP contribution is 2.18. The largest absolute Gasteiger partial charge is 0.462 e. The van der Waals surface area contributed by atoms with Gasteiger partial charge in [-0.25, -0.2) is 0 Å². The van der Waals surface area contributed by atoms with Crippen molar-refractivity contribution in [2.45, 2.75) is 380 Å². The highest BCUT2D eigenvalue weighted by molar-refractivity contribution is 5.71. The average molecular weight is 1070 g/mol. The normalized spacial score (nSPS) is 12.2. The second kappa shape index (κ2) is 65.2. The summed E-state index contributed by atoms with van der Waals surface area (Å²) < 4.78 is 17.0. The molecule has 0 amide bonds. The van der Waals surface area contributed by atoms with Gasteiger partial charge in [-0.15, -0.1) is 0 Å². The van der Waals surface area contributed by atoms with Gasteiger partial charge in [0.05, 0.1) is 0 Å². The summed E-state index contributed by atoms with van der Waals surface area (Å²) in [5, 5.41) is 0. The molecule has 0 N–H and O–H groups in total. The number of unbranched alkanes of at least 4 members (excludes halogenated alkanes) is 46. The highest BCUT2D eigenvalue weighted by atomic mass is 16.6. The second-order valence-corrected chi connectivity index (χ2v) is 23.1. The van der Waals surface area contributed by atoms with Crippen LogP contribution in [0.5, 0.6) is 0 Å². The lowest BCUT2D eigenvalue weighted by Crippen LogP contribution is -2.30. The predicted molar refractivity (Wildman–Crippen MR) is 330 cm³/mol. The molecule has 0 fully saturated rings. The van der Waals surface area contributed by atoms with E-state index < -0.39 is 6.10 Å². The molecule has 1 unspecified atom stereocenters. The maximum atomic E-state index is 12.9. The number of carbonyl (C=O) groups is 3. The van der Waals surface area contributed by atoms with Crippen LogP contribution in [0.1, 0.15) is 374 Å². The third-order valence-corrected chi connectivity index (χ3v) is 15.4. The molecule has 0 spiro atoms. The minimum absolute atomic E-state index is 0.0699. The van der Waals surface area contributed by atoms with Crippen molar-refractivity contribution in [3.05, 3.63) is 36.5 Å². The molecule has 0 saturated carbocycles. The van der Waals surface area contributed by atoms with Crippen LogP contribution in [0.2, 0.25) is 0 Å². The molecule has 446 valence electrons. The van der Waals surface area contributed by atoms with Crippen molar-refractivity contribution in [2.24, 2.45) is 0 Å². The van der Waals surface area contributed by atoms with Crippen LogP contribution < -0.4 is 0 Å². The molecule has 0 heterocycles. The fourth-order valence-electron chi connectivity index (χ4n) is 10.2. The monoisotopic (exact) mass is 1070 g/mol. The van der Waals surface area contributed by atoms with Crippen LogP contribution in [-0.2, 0) is 28.6 Å². The Morgan fingerprint density at radius 1 is 0.263 bits per heavy atom. The third-order valence-electron chi connectivity index (χ3n) is 15.4. The van der Waals surface area contributed by atoms with Crippen LogP contribution in [-0.4, -0.2) is 37.2 Å². The standard InChI is InChI=1S/C70H130O6/c1-4-7-10-13-16-19-22-25-28-31-33-34-35-36-37-40-42-45-48-51-54-57-60-63-69(72)75-66-67(65-74-68(71)62-59-56-53-50-47-44-41-38-30-27-24-21-18-15-12-9-6-3)76-70(73)64-61-58-55-52-49-46-43-39-32-29-26-23-20-17-14-11-8-5-2/h22,25,27,30-31,33,67H,4-21,23-24,26,28-29,32,34-66H2,1-3H3/b25-22-,30-27-,33-31-. The summed E-state index contributed by atoms with van der Waals surface area (Å²) in [7, 11) is 0. The van der Waals surface area contributed by atoms with Crippen molar-refractivity contribution in [1.82, 2.24) is 0 Å². The fraction of sp³-hybridized carbons (Fsp3) is 0.871. The lowest BCUT2D eigenvalue weighted by molar-refractivity contribution is -0.167. The number of hydrogen-bond acceptors (Lipinski definition) is 6. The van der Waals surface area contributed by atoms with Gasteiger partial charge in [-0.1, -0.05) is 314 Å². The van der Waals surface area contributed by atoms with Gasteiger partial charge in [-0.05, 0) is 77.0 Å². The molecular formula is C70H130O6. The summed E-state index contributed by atoms with van der Waals surface area (Å²) in [5.41, 5.74) is 0. The van der Waals surface area contributed by atoms with E-state index in [9.17, 15) is 14.4 Å². The zero-order valence-electron chi connectivity index (χ0n) is 51.3. The van der Waals surface area contributed by atoms with Gasteiger partial charge in [0.1, 0.15) is 13.2 Å². The van der Waals surface area contributed by atoms with Gasteiger partial charge in [-0.3, -0.25) is 14.4 Å². The first-order chi connectivity index (χ1) is 37.5. The maximum Gasteiger partial charge on any atom is 0.306 e. The smallest absolute Gasteiger partial charge is 0.306 e. The molecule has 1 atom stereocenters. The van der Waals surface area contributed by atoms with Gasteiger partial charge >= 0.3 is 17.9 Å². The van der Waals surface area contributed by atoms with E-state index in [1.165, 1.54) is 270 Å². The number of rotatable bonds is 63. The van der Waals surface area contributed by atoms with E-state index in [2.05, 4.69) is 57.2 Å². The zero-order chi connectivity index (χ0) is 55.0. The van der Waals surface area contributed by atoms with E-state index in [0.717, 1.165) is 64.2 Å². The van der Waals surface area contributed by atoms with E-state index in [1.54, 1.807) is 0 Å². The van der Waals surface area contributed by atoms with E-state index in [4.69, 9.17) is 14.2 Å². The minimum Gasteiger partial charge on any atom is -0.462 e. The van der Waals surface area contributed by atoms with Gasteiger partial charge in [0.25, 0.3) is 0 Å². The van der Waals surface area contributed by atoms with E-state index in [0.29, 0.717) is 19.3 Å². The van der Waals surface area contributed by atoms with Crippen LogP contribution in [0.3, 0.4) is 0 Å². The van der Waals surface area contributed by atoms with Crippen LogP contribution in [0.4, 0.5) is 0 Å². The van der Waals surface area contributed by atoms with Gasteiger partial charge in [0, 0.05) is 19.3 Å². The molecule has 0 aromatic heterocycles. The fourth-order valence-corrected chi connectivity index (χ4v) is 10.2. The van der Waals surface area contributed by atoms with Crippen LogP contribution >= 0.6 is 0 Å². The number of carbonyl (C=O) groups excluding carboxylic acids is 3. The number of esters is 3. The molecule has 0 rings (SSSR count). The molecule has 76 heavy (non-hydrogen) atoms. The first-order valence-corrected chi connectivity index (χ1v) is 34.0. The van der Waals surface area contributed by atoms with Gasteiger partial charge in [0.15, 0.2) is 6.10 Å². The second-order valence-electron chi connectivity index (χ2n) is 23.1. The Labute approximate surface area is 474 Å². The first kappa shape index (κ1) is 73.6. The van der Waals surface area contributed by atoms with E-state index in [1.807, 2.05) is 0 Å². The van der Waals surface area contributed by atoms with Crippen molar-refractivity contribution in [3.63, 3.8) is 0 Å². The Morgan fingerprint density at radius 3 is 0.737 bits per heavy atom. The molecule has 0 aliphatic rings.